The summed E-state index contributed by atoms with van der Waals surface area (Å²) in [5.41, 5.74) is 0.415. The van der Waals surface area contributed by atoms with Crippen molar-refractivity contribution in [1.82, 2.24) is 9.97 Å². The van der Waals surface area contributed by atoms with Crippen LogP contribution in [0.1, 0.15) is 10.4 Å². The van der Waals surface area contributed by atoms with Gasteiger partial charge in [0, 0.05) is 4.90 Å². The molecule has 4 nitrogen and oxygen atoms in total. The Morgan fingerprint density at radius 3 is 2.79 bits per heavy atom. The second-order valence-electron chi connectivity index (χ2n) is 3.52. The highest BCUT2D eigenvalue weighted by Crippen LogP contribution is 2.23. The van der Waals surface area contributed by atoms with E-state index in [-0.39, 0.29) is 5.91 Å². The van der Waals surface area contributed by atoms with E-state index >= 15 is 0 Å². The van der Waals surface area contributed by atoms with Crippen LogP contribution in [0, 0.1) is 0 Å². The number of anilines is 1. The largest absolute Gasteiger partial charge is 0.305 e. The smallest absolute Gasteiger partial charge is 0.258 e. The molecule has 19 heavy (non-hydrogen) atoms. The molecule has 0 unspecified atom stereocenters. The van der Waals surface area contributed by atoms with Crippen LogP contribution in [0.5, 0.6) is 0 Å². The molecule has 0 aliphatic carbocycles. The van der Waals surface area contributed by atoms with Gasteiger partial charge in [0.05, 0.1) is 23.0 Å². The summed E-state index contributed by atoms with van der Waals surface area (Å²) in [6.45, 7) is 0. The molecule has 2 aromatic rings. The Morgan fingerprint density at radius 2 is 2.16 bits per heavy atom. The van der Waals surface area contributed by atoms with Crippen molar-refractivity contribution in [1.29, 1.82) is 0 Å². The zero-order valence-corrected chi connectivity index (χ0v) is 13.0. The molecule has 0 atom stereocenters. The van der Waals surface area contributed by atoms with Gasteiger partial charge in [0.25, 0.3) is 5.91 Å². The van der Waals surface area contributed by atoms with Crippen molar-refractivity contribution >= 4 is 51.0 Å². The van der Waals surface area contributed by atoms with E-state index in [0.717, 1.165) is 4.90 Å². The number of hydrogen-bond donors (Lipinski definition) is 1. The highest BCUT2D eigenvalue weighted by Gasteiger charge is 2.12. The molecule has 2 rings (SSSR count). The van der Waals surface area contributed by atoms with E-state index in [2.05, 4.69) is 31.2 Å². The van der Waals surface area contributed by atoms with Gasteiger partial charge >= 0.3 is 0 Å². The maximum absolute atomic E-state index is 12.1. The predicted octanol–water partition coefficient (Wildman–Crippen LogP) is 3.87. The van der Waals surface area contributed by atoms with Gasteiger partial charge < -0.3 is 5.32 Å². The first kappa shape index (κ1) is 14.3. The summed E-state index contributed by atoms with van der Waals surface area (Å²) in [6, 6.07) is 5.31. The Hall–Kier alpha value is -1.11. The maximum Gasteiger partial charge on any atom is 0.258 e. The number of carbonyl (C=O) groups excluding carboxylic acids is 1. The van der Waals surface area contributed by atoms with E-state index < -0.39 is 0 Å². The van der Waals surface area contributed by atoms with Gasteiger partial charge in [0.2, 0.25) is 0 Å². The number of rotatable bonds is 3. The SMILES string of the molecule is CSc1ccc(Cl)c(C(=O)Nc2cnc(Br)cn2)c1. The van der Waals surface area contributed by atoms with Crippen molar-refractivity contribution in [2.75, 3.05) is 11.6 Å². The van der Waals surface area contributed by atoms with Crippen molar-refractivity contribution < 1.29 is 4.79 Å². The van der Waals surface area contributed by atoms with Gasteiger partial charge in [-0.25, -0.2) is 9.97 Å². The molecule has 1 heterocycles. The topological polar surface area (TPSA) is 54.9 Å². The lowest BCUT2D eigenvalue weighted by Crippen LogP contribution is -2.13. The molecule has 0 spiro atoms. The van der Waals surface area contributed by atoms with E-state index in [4.69, 9.17) is 11.6 Å². The van der Waals surface area contributed by atoms with Crippen molar-refractivity contribution in [3.05, 3.63) is 45.8 Å². The Kier molecular flexibility index (Phi) is 4.79. The van der Waals surface area contributed by atoms with Crippen LogP contribution in [0.4, 0.5) is 5.82 Å². The number of aromatic nitrogens is 2. The van der Waals surface area contributed by atoms with E-state index in [0.29, 0.717) is 21.0 Å². The molecular formula is C12H9BrClN3OS. The number of benzene rings is 1. The van der Waals surface area contributed by atoms with E-state index in [9.17, 15) is 4.79 Å². The Morgan fingerprint density at radius 1 is 1.37 bits per heavy atom. The van der Waals surface area contributed by atoms with Crippen LogP contribution in [0.2, 0.25) is 5.02 Å². The molecule has 0 aliphatic heterocycles. The van der Waals surface area contributed by atoms with Crippen molar-refractivity contribution in [2.24, 2.45) is 0 Å². The minimum absolute atomic E-state index is 0.308. The predicted molar refractivity (Wildman–Crippen MR) is 80.9 cm³/mol. The molecule has 0 saturated heterocycles. The summed E-state index contributed by atoms with van der Waals surface area (Å²) in [4.78, 5) is 21.1. The molecule has 1 N–H and O–H groups in total. The number of carbonyl (C=O) groups is 1. The first-order valence-electron chi connectivity index (χ1n) is 5.22. The van der Waals surface area contributed by atoms with Crippen LogP contribution in [0.3, 0.4) is 0 Å². The quantitative estimate of drug-likeness (QED) is 0.846. The van der Waals surface area contributed by atoms with Crippen molar-refractivity contribution in [3.63, 3.8) is 0 Å². The normalized spacial score (nSPS) is 10.3. The average molecular weight is 359 g/mol. The maximum atomic E-state index is 12.1. The molecule has 7 heteroatoms. The van der Waals surface area contributed by atoms with E-state index in [1.807, 2.05) is 12.3 Å². The minimum Gasteiger partial charge on any atom is -0.305 e. The summed E-state index contributed by atoms with van der Waals surface area (Å²) in [5.74, 6) is 0.0661. The number of nitrogens with zero attached hydrogens (tertiary/aromatic N) is 2. The van der Waals surface area contributed by atoms with Crippen LogP contribution in [-0.2, 0) is 0 Å². The van der Waals surface area contributed by atoms with Crippen LogP contribution < -0.4 is 5.32 Å². The lowest BCUT2D eigenvalue weighted by Gasteiger charge is -2.07. The summed E-state index contributed by atoms with van der Waals surface area (Å²) in [7, 11) is 0. The van der Waals surface area contributed by atoms with Crippen LogP contribution in [0.15, 0.2) is 40.1 Å². The third kappa shape index (κ3) is 3.68. The second kappa shape index (κ2) is 6.36. The van der Waals surface area contributed by atoms with E-state index in [1.54, 1.807) is 23.9 Å². The van der Waals surface area contributed by atoms with Crippen LogP contribution in [-0.4, -0.2) is 22.1 Å². The molecular weight excluding hydrogens is 350 g/mol. The standard InChI is InChI=1S/C12H9BrClN3OS/c1-19-7-2-3-9(14)8(4-7)12(18)17-11-6-15-10(13)5-16-11/h2-6H,1H3,(H,16,17,18). The van der Waals surface area contributed by atoms with Gasteiger partial charge in [0.15, 0.2) is 5.82 Å². The van der Waals surface area contributed by atoms with Gasteiger partial charge in [-0.2, -0.15) is 0 Å². The zero-order chi connectivity index (χ0) is 13.8. The Balaban J connectivity index is 2.22. The van der Waals surface area contributed by atoms with Crippen molar-refractivity contribution in [2.45, 2.75) is 4.90 Å². The van der Waals surface area contributed by atoms with Gasteiger partial charge in [-0.15, -0.1) is 11.8 Å². The zero-order valence-electron chi connectivity index (χ0n) is 9.85. The second-order valence-corrected chi connectivity index (χ2v) is 5.62. The fraction of sp³-hybridized carbons (Fsp3) is 0.0833. The number of hydrogen-bond acceptors (Lipinski definition) is 4. The fourth-order valence-electron chi connectivity index (χ4n) is 1.37. The molecule has 0 fully saturated rings. The first-order chi connectivity index (χ1) is 9.10. The van der Waals surface area contributed by atoms with Gasteiger partial charge in [0.1, 0.15) is 4.60 Å². The molecule has 98 valence electrons. The molecule has 0 saturated carbocycles. The Labute approximate surface area is 128 Å². The van der Waals surface area contributed by atoms with Crippen molar-refractivity contribution in [3.8, 4) is 0 Å². The molecule has 0 aliphatic rings. The molecule has 0 bridgehead atoms. The molecule has 0 radical (unpaired) electrons. The highest BCUT2D eigenvalue weighted by atomic mass is 79.9. The number of nitrogens with one attached hydrogen (secondary N) is 1. The minimum atomic E-state index is -0.308. The fourth-order valence-corrected chi connectivity index (χ4v) is 2.21. The Bertz CT molecular complexity index is 606. The number of halogens is 2. The number of thioether (sulfide) groups is 1. The third-order valence-corrected chi connectivity index (χ3v) is 3.74. The molecule has 1 aromatic carbocycles. The molecule has 1 amide bonds. The van der Waals surface area contributed by atoms with E-state index in [1.165, 1.54) is 12.4 Å². The summed E-state index contributed by atoms with van der Waals surface area (Å²) >= 11 is 10.7. The number of amides is 1. The highest BCUT2D eigenvalue weighted by molar-refractivity contribution is 9.10. The summed E-state index contributed by atoms with van der Waals surface area (Å²) in [5, 5.41) is 3.05. The average Bonchev–Trinajstić information content (AvgIpc) is 2.42. The summed E-state index contributed by atoms with van der Waals surface area (Å²) < 4.78 is 0.605. The lowest BCUT2D eigenvalue weighted by atomic mass is 10.2. The van der Waals surface area contributed by atoms with Gasteiger partial charge in [-0.05, 0) is 40.4 Å². The van der Waals surface area contributed by atoms with Gasteiger partial charge in [-0.1, -0.05) is 11.6 Å². The van der Waals surface area contributed by atoms with Crippen LogP contribution >= 0.6 is 39.3 Å². The monoisotopic (exact) mass is 357 g/mol. The van der Waals surface area contributed by atoms with Gasteiger partial charge in [-0.3, -0.25) is 4.79 Å². The molecule has 1 aromatic heterocycles. The first-order valence-corrected chi connectivity index (χ1v) is 7.62. The third-order valence-electron chi connectivity index (χ3n) is 2.28. The summed E-state index contributed by atoms with van der Waals surface area (Å²) in [6.07, 6.45) is 4.91. The lowest BCUT2D eigenvalue weighted by molar-refractivity contribution is 0.102. The van der Waals surface area contributed by atoms with Crippen LogP contribution in [0.25, 0.3) is 0 Å².